The van der Waals surface area contributed by atoms with Gasteiger partial charge in [0, 0.05) is 17.5 Å². The van der Waals surface area contributed by atoms with Crippen LogP contribution in [0.4, 0.5) is 13.2 Å². The fraction of sp³-hybridized carbons (Fsp3) is 0.250. The molecule has 0 radical (unpaired) electrons. The average Bonchev–Trinajstić information content (AvgIpc) is 2.28. The molecule has 0 bridgehead atoms. The van der Waals surface area contributed by atoms with Crippen molar-refractivity contribution in [2.45, 2.75) is 12.6 Å². The third kappa shape index (κ3) is 3.93. The molecule has 1 aromatic carbocycles. The van der Waals surface area contributed by atoms with Crippen LogP contribution >= 0.6 is 0 Å². The summed E-state index contributed by atoms with van der Waals surface area (Å²) in [4.78, 5) is 10.9. The number of hydrogen-bond acceptors (Lipinski definition) is 2. The molecule has 0 heterocycles. The molecule has 2 nitrogen and oxygen atoms in total. The Morgan fingerprint density at radius 1 is 1.35 bits per heavy atom. The van der Waals surface area contributed by atoms with Gasteiger partial charge in [0.05, 0.1) is 6.61 Å². The highest BCUT2D eigenvalue weighted by Gasteiger charge is 2.39. The minimum absolute atomic E-state index is 0.117. The maximum atomic E-state index is 12.2. The lowest BCUT2D eigenvalue weighted by atomic mass is 10.1. The summed E-state index contributed by atoms with van der Waals surface area (Å²) in [5.74, 6) is 3.24. The number of hydrogen-bond donors (Lipinski definition) is 1. The molecule has 5 heteroatoms. The summed E-state index contributed by atoms with van der Waals surface area (Å²) in [6.45, 7) is -0.117. The molecule has 0 aromatic heterocycles. The summed E-state index contributed by atoms with van der Waals surface area (Å²) in [7, 11) is 0. The van der Waals surface area contributed by atoms with E-state index in [2.05, 4.69) is 11.8 Å². The highest BCUT2D eigenvalue weighted by atomic mass is 19.4. The lowest BCUT2D eigenvalue weighted by Crippen LogP contribution is -2.22. The number of halogens is 3. The Hall–Kier alpha value is -1.80. The number of benzene rings is 1. The molecule has 1 aromatic rings. The maximum Gasteiger partial charge on any atom is 0.454 e. The summed E-state index contributed by atoms with van der Waals surface area (Å²) in [5.41, 5.74) is -0.123. The summed E-state index contributed by atoms with van der Waals surface area (Å²) in [6.07, 6.45) is -4.64. The van der Waals surface area contributed by atoms with E-state index >= 15 is 0 Å². The van der Waals surface area contributed by atoms with Crippen molar-refractivity contribution in [1.82, 2.24) is 0 Å². The first kappa shape index (κ1) is 13.3. The second-order valence-corrected chi connectivity index (χ2v) is 3.18. The van der Waals surface area contributed by atoms with Gasteiger partial charge < -0.3 is 5.11 Å². The number of carbonyl (C=O) groups excluding carboxylic acids is 1. The summed E-state index contributed by atoms with van der Waals surface area (Å²) in [5, 5.41) is 8.49. The van der Waals surface area contributed by atoms with Gasteiger partial charge in [-0.2, -0.15) is 13.2 Å². The molecule has 0 aliphatic heterocycles. The molecule has 0 aliphatic carbocycles. The molecule has 0 amide bonds. The number of aliphatic hydroxyl groups excluding tert-OH is 1. The average molecular weight is 242 g/mol. The lowest BCUT2D eigenvalue weighted by Gasteiger charge is -2.04. The molecule has 1 N–H and O–H groups in total. The van der Waals surface area contributed by atoms with Crippen LogP contribution in [0.25, 0.3) is 0 Å². The van der Waals surface area contributed by atoms with Crippen molar-refractivity contribution in [2.24, 2.45) is 0 Å². The number of alkyl halides is 3. The van der Waals surface area contributed by atoms with Crippen LogP contribution < -0.4 is 0 Å². The van der Waals surface area contributed by atoms with Crippen molar-refractivity contribution >= 4 is 5.78 Å². The van der Waals surface area contributed by atoms with Gasteiger partial charge in [0.25, 0.3) is 5.78 Å². The van der Waals surface area contributed by atoms with Crippen molar-refractivity contribution in [3.8, 4) is 11.8 Å². The van der Waals surface area contributed by atoms with Crippen molar-refractivity contribution in [2.75, 3.05) is 6.61 Å². The monoisotopic (exact) mass is 242 g/mol. The SMILES string of the molecule is O=C(c1cccc(C#CCCO)c1)C(F)(F)F. The molecule has 0 atom stereocenters. The molecule has 0 unspecified atom stereocenters. The molecule has 1 rings (SSSR count). The van der Waals surface area contributed by atoms with Crippen LogP contribution in [0, 0.1) is 11.8 Å². The number of aliphatic hydroxyl groups is 1. The topological polar surface area (TPSA) is 37.3 Å². The summed E-state index contributed by atoms with van der Waals surface area (Å²) < 4.78 is 36.5. The Bertz CT molecular complexity index is 467. The minimum Gasteiger partial charge on any atom is -0.395 e. The first-order valence-electron chi connectivity index (χ1n) is 4.76. The van der Waals surface area contributed by atoms with Gasteiger partial charge in [-0.15, -0.1) is 0 Å². The molecule has 0 saturated heterocycles. The molecule has 0 aliphatic rings. The molecule has 0 spiro atoms. The van der Waals surface area contributed by atoms with E-state index in [1.165, 1.54) is 12.1 Å². The Kier molecular flexibility index (Phi) is 4.30. The normalized spacial score (nSPS) is 10.6. The Morgan fingerprint density at radius 3 is 2.65 bits per heavy atom. The van der Waals surface area contributed by atoms with Crippen LogP contribution in [0.5, 0.6) is 0 Å². The Morgan fingerprint density at radius 2 is 2.06 bits per heavy atom. The van der Waals surface area contributed by atoms with Crippen LogP contribution in [0.3, 0.4) is 0 Å². The Labute approximate surface area is 96.1 Å². The number of ketones is 1. The first-order valence-corrected chi connectivity index (χ1v) is 4.76. The van der Waals surface area contributed by atoms with Crippen molar-refractivity contribution in [1.29, 1.82) is 0 Å². The second kappa shape index (κ2) is 5.51. The van der Waals surface area contributed by atoms with Crippen LogP contribution in [0.1, 0.15) is 22.3 Å². The smallest absolute Gasteiger partial charge is 0.395 e. The first-order chi connectivity index (χ1) is 7.95. The van der Waals surface area contributed by atoms with Gasteiger partial charge in [0.2, 0.25) is 0 Å². The van der Waals surface area contributed by atoms with Gasteiger partial charge in [-0.1, -0.05) is 24.0 Å². The van der Waals surface area contributed by atoms with Crippen LogP contribution in [-0.4, -0.2) is 23.7 Å². The minimum atomic E-state index is -4.88. The third-order valence-corrected chi connectivity index (χ3v) is 1.85. The maximum absolute atomic E-state index is 12.2. The van der Waals surface area contributed by atoms with Gasteiger partial charge >= 0.3 is 6.18 Å². The predicted octanol–water partition coefficient (Wildman–Crippen LogP) is 2.17. The molecular weight excluding hydrogens is 233 g/mol. The fourth-order valence-electron chi connectivity index (χ4n) is 1.12. The zero-order valence-corrected chi connectivity index (χ0v) is 8.71. The van der Waals surface area contributed by atoms with E-state index in [-0.39, 0.29) is 13.0 Å². The van der Waals surface area contributed by atoms with Gasteiger partial charge in [0.1, 0.15) is 0 Å². The van der Waals surface area contributed by atoms with Gasteiger partial charge in [-0.05, 0) is 12.1 Å². The number of carbonyl (C=O) groups is 1. The largest absolute Gasteiger partial charge is 0.454 e. The third-order valence-electron chi connectivity index (χ3n) is 1.85. The van der Waals surface area contributed by atoms with Crippen molar-refractivity contribution in [3.05, 3.63) is 35.4 Å². The summed E-state index contributed by atoms with van der Waals surface area (Å²) >= 11 is 0. The van der Waals surface area contributed by atoms with E-state index in [0.29, 0.717) is 5.56 Å². The van der Waals surface area contributed by atoms with Crippen molar-refractivity contribution in [3.63, 3.8) is 0 Å². The van der Waals surface area contributed by atoms with E-state index < -0.39 is 17.5 Å². The lowest BCUT2D eigenvalue weighted by molar-refractivity contribution is -0.0885. The predicted molar refractivity (Wildman–Crippen MR) is 55.4 cm³/mol. The molecule has 17 heavy (non-hydrogen) atoms. The van der Waals surface area contributed by atoms with E-state index in [4.69, 9.17) is 5.11 Å². The number of rotatable bonds is 2. The molecule has 0 fully saturated rings. The zero-order valence-electron chi connectivity index (χ0n) is 8.71. The highest BCUT2D eigenvalue weighted by molar-refractivity contribution is 6.00. The van der Waals surface area contributed by atoms with Crippen LogP contribution in [0.15, 0.2) is 24.3 Å². The Balaban J connectivity index is 2.95. The van der Waals surface area contributed by atoms with E-state index in [9.17, 15) is 18.0 Å². The van der Waals surface area contributed by atoms with E-state index in [1.54, 1.807) is 0 Å². The van der Waals surface area contributed by atoms with Gasteiger partial charge in [-0.25, -0.2) is 0 Å². The molecule has 90 valence electrons. The standard InChI is InChI=1S/C12H9F3O2/c13-12(14,15)11(17)10-6-3-5-9(8-10)4-1-2-7-16/h3,5-6,8,16H,2,7H2. The quantitative estimate of drug-likeness (QED) is 0.637. The van der Waals surface area contributed by atoms with E-state index in [0.717, 1.165) is 12.1 Å². The summed E-state index contributed by atoms with van der Waals surface area (Å²) in [6, 6.07) is 5.01. The van der Waals surface area contributed by atoms with Gasteiger partial charge in [-0.3, -0.25) is 4.79 Å². The molecular formula is C12H9F3O2. The van der Waals surface area contributed by atoms with Crippen LogP contribution in [0.2, 0.25) is 0 Å². The van der Waals surface area contributed by atoms with E-state index in [1.807, 2.05) is 0 Å². The fourth-order valence-corrected chi connectivity index (χ4v) is 1.12. The second-order valence-electron chi connectivity index (χ2n) is 3.18. The zero-order chi connectivity index (χ0) is 12.9. The van der Waals surface area contributed by atoms with Gasteiger partial charge in [0.15, 0.2) is 0 Å². The number of Topliss-reactive ketones (excluding diaryl/α,β-unsaturated/α-hetero) is 1. The highest BCUT2D eigenvalue weighted by Crippen LogP contribution is 2.21. The van der Waals surface area contributed by atoms with Crippen molar-refractivity contribution < 1.29 is 23.1 Å². The van der Waals surface area contributed by atoms with Crippen LogP contribution in [-0.2, 0) is 0 Å². The molecule has 0 saturated carbocycles.